The van der Waals surface area contributed by atoms with Gasteiger partial charge in [0.2, 0.25) is 0 Å². The third-order valence-corrected chi connectivity index (χ3v) is 3.25. The molecule has 0 saturated carbocycles. The molecule has 4 heteroatoms. The Morgan fingerprint density at radius 1 is 1.28 bits per heavy atom. The second kappa shape index (κ2) is 4.29. The van der Waals surface area contributed by atoms with Crippen molar-refractivity contribution in [2.24, 2.45) is 0 Å². The molecule has 1 unspecified atom stereocenters. The van der Waals surface area contributed by atoms with E-state index in [2.05, 4.69) is 29.7 Å². The first-order valence-electron chi connectivity index (χ1n) is 5.99. The van der Waals surface area contributed by atoms with Gasteiger partial charge in [0.1, 0.15) is 18.3 Å². The zero-order chi connectivity index (χ0) is 12.5. The molecule has 94 valence electrons. The predicted molar refractivity (Wildman–Crippen MR) is 71.3 cm³/mol. The van der Waals surface area contributed by atoms with Gasteiger partial charge in [0, 0.05) is 12.1 Å². The molecule has 1 aromatic heterocycles. The van der Waals surface area contributed by atoms with Gasteiger partial charge in [0.05, 0.1) is 24.5 Å². The van der Waals surface area contributed by atoms with E-state index >= 15 is 0 Å². The summed E-state index contributed by atoms with van der Waals surface area (Å²) in [5.41, 5.74) is 4.40. The molecule has 2 N–H and O–H groups in total. The van der Waals surface area contributed by atoms with Gasteiger partial charge < -0.3 is 19.8 Å². The lowest BCUT2D eigenvalue weighted by Crippen LogP contribution is -2.25. The van der Waals surface area contributed by atoms with Gasteiger partial charge in [0.25, 0.3) is 0 Å². The first-order valence-corrected chi connectivity index (χ1v) is 5.99. The van der Waals surface area contributed by atoms with Gasteiger partial charge >= 0.3 is 0 Å². The van der Waals surface area contributed by atoms with Gasteiger partial charge in [0.15, 0.2) is 0 Å². The number of hydrogen-bond donors (Lipinski definition) is 2. The number of anilines is 2. The number of fused-ring (bicyclic) bond motifs is 1. The number of hydrogen-bond acceptors (Lipinski definition) is 4. The Morgan fingerprint density at radius 3 is 2.94 bits per heavy atom. The largest absolute Gasteiger partial charge is 0.496 e. The van der Waals surface area contributed by atoms with Crippen LogP contribution in [0.25, 0.3) is 0 Å². The molecule has 1 atom stereocenters. The van der Waals surface area contributed by atoms with E-state index in [4.69, 9.17) is 9.15 Å². The van der Waals surface area contributed by atoms with E-state index in [0.717, 1.165) is 29.2 Å². The molecule has 3 rings (SSSR count). The summed E-state index contributed by atoms with van der Waals surface area (Å²) >= 11 is 0. The minimum absolute atomic E-state index is 0.185. The maximum Gasteiger partial charge on any atom is 0.124 e. The smallest absolute Gasteiger partial charge is 0.124 e. The maximum absolute atomic E-state index is 5.43. The van der Waals surface area contributed by atoms with Crippen LogP contribution < -0.4 is 15.4 Å². The van der Waals surface area contributed by atoms with E-state index in [9.17, 15) is 0 Å². The molecule has 1 aliphatic rings. The lowest BCUT2D eigenvalue weighted by atomic mass is 10.0. The molecule has 0 saturated heterocycles. The molecular formula is C14H16N2O2. The lowest BCUT2D eigenvalue weighted by molar-refractivity contribution is 0.407. The number of furan rings is 1. The van der Waals surface area contributed by atoms with Gasteiger partial charge in [-0.2, -0.15) is 0 Å². The highest BCUT2D eigenvalue weighted by Crippen LogP contribution is 2.35. The quantitative estimate of drug-likeness (QED) is 0.851. The van der Waals surface area contributed by atoms with Crippen molar-refractivity contribution in [1.82, 2.24) is 0 Å². The van der Waals surface area contributed by atoms with E-state index < -0.39 is 0 Å². The first-order chi connectivity index (χ1) is 8.78. The van der Waals surface area contributed by atoms with Crippen molar-refractivity contribution in [2.45, 2.75) is 13.0 Å². The average molecular weight is 244 g/mol. The summed E-state index contributed by atoms with van der Waals surface area (Å²) in [6, 6.07) is 6.41. The summed E-state index contributed by atoms with van der Waals surface area (Å²) in [5.74, 6) is 0.909. The van der Waals surface area contributed by atoms with Crippen molar-refractivity contribution in [3.05, 3.63) is 41.9 Å². The average Bonchev–Trinajstić information content (AvgIpc) is 2.85. The normalized spacial score (nSPS) is 17.6. The molecule has 0 amide bonds. The van der Waals surface area contributed by atoms with Gasteiger partial charge in [-0.05, 0) is 13.0 Å². The van der Waals surface area contributed by atoms with Gasteiger partial charge in [-0.3, -0.25) is 0 Å². The van der Waals surface area contributed by atoms with Crippen LogP contribution in [0.3, 0.4) is 0 Å². The van der Waals surface area contributed by atoms with Crippen LogP contribution in [0.2, 0.25) is 0 Å². The third-order valence-electron chi connectivity index (χ3n) is 3.25. The van der Waals surface area contributed by atoms with Crippen LogP contribution in [-0.4, -0.2) is 13.7 Å². The maximum atomic E-state index is 5.43. The van der Waals surface area contributed by atoms with E-state index in [0.29, 0.717) is 0 Å². The lowest BCUT2D eigenvalue weighted by Gasteiger charge is -2.27. The second-order valence-corrected chi connectivity index (χ2v) is 4.52. The number of nitrogens with one attached hydrogen (secondary N) is 2. The molecule has 0 bridgehead atoms. The summed E-state index contributed by atoms with van der Waals surface area (Å²) in [6.45, 7) is 2.90. The number of rotatable bonds is 2. The van der Waals surface area contributed by atoms with Crippen LogP contribution in [0.4, 0.5) is 11.4 Å². The molecule has 1 aromatic carbocycles. The van der Waals surface area contributed by atoms with Crippen molar-refractivity contribution in [3.8, 4) is 5.75 Å². The number of aryl methyl sites for hydroxylation is 1. The summed E-state index contributed by atoms with van der Waals surface area (Å²) < 4.78 is 10.6. The zero-order valence-corrected chi connectivity index (χ0v) is 10.5. The Hall–Kier alpha value is -2.10. The van der Waals surface area contributed by atoms with Crippen LogP contribution in [0.15, 0.2) is 35.1 Å². The minimum Gasteiger partial charge on any atom is -0.496 e. The van der Waals surface area contributed by atoms with Gasteiger partial charge in [-0.15, -0.1) is 0 Å². The fraction of sp³-hybridized carbons (Fsp3) is 0.286. The molecule has 0 spiro atoms. The van der Waals surface area contributed by atoms with Crippen LogP contribution >= 0.6 is 0 Å². The predicted octanol–water partition coefficient (Wildman–Crippen LogP) is 3.18. The Morgan fingerprint density at radius 2 is 2.11 bits per heavy atom. The highest BCUT2D eigenvalue weighted by molar-refractivity contribution is 5.70. The van der Waals surface area contributed by atoms with Crippen LogP contribution in [0.5, 0.6) is 5.75 Å². The fourth-order valence-corrected chi connectivity index (χ4v) is 2.31. The Labute approximate surface area is 106 Å². The SMILES string of the molecule is COc1ccc(C)cc1C1CNc2cocc2N1. The topological polar surface area (TPSA) is 46.4 Å². The number of methoxy groups -OCH3 is 1. The summed E-state index contributed by atoms with van der Waals surface area (Å²) in [7, 11) is 1.70. The molecule has 4 nitrogen and oxygen atoms in total. The zero-order valence-electron chi connectivity index (χ0n) is 10.5. The van der Waals surface area contributed by atoms with Crippen molar-refractivity contribution in [1.29, 1.82) is 0 Å². The van der Waals surface area contributed by atoms with Gasteiger partial charge in [-0.1, -0.05) is 17.7 Å². The Balaban J connectivity index is 1.94. The van der Waals surface area contributed by atoms with Crippen LogP contribution in [-0.2, 0) is 0 Å². The molecule has 18 heavy (non-hydrogen) atoms. The standard InChI is InChI=1S/C14H16N2O2/c1-9-3-4-14(17-2)10(5-9)11-6-15-12-7-18-8-13(12)16-11/h3-5,7-8,11,15-16H,6H2,1-2H3. The highest BCUT2D eigenvalue weighted by atomic mass is 16.5. The monoisotopic (exact) mass is 244 g/mol. The summed E-state index contributed by atoms with van der Waals surface area (Å²) in [5, 5.41) is 6.81. The highest BCUT2D eigenvalue weighted by Gasteiger charge is 2.22. The van der Waals surface area contributed by atoms with Crippen molar-refractivity contribution >= 4 is 11.4 Å². The van der Waals surface area contributed by atoms with Crippen LogP contribution in [0.1, 0.15) is 17.2 Å². The number of benzene rings is 1. The molecule has 0 radical (unpaired) electrons. The number of ether oxygens (including phenoxy) is 1. The van der Waals surface area contributed by atoms with E-state index in [1.165, 1.54) is 5.56 Å². The molecular weight excluding hydrogens is 228 g/mol. The molecule has 2 aromatic rings. The Kier molecular flexibility index (Phi) is 2.63. The molecule has 2 heterocycles. The fourth-order valence-electron chi connectivity index (χ4n) is 2.31. The van der Waals surface area contributed by atoms with E-state index in [-0.39, 0.29) is 6.04 Å². The Bertz CT molecular complexity index is 563. The van der Waals surface area contributed by atoms with Gasteiger partial charge in [-0.25, -0.2) is 0 Å². The molecule has 0 aliphatic carbocycles. The third kappa shape index (κ3) is 1.79. The van der Waals surface area contributed by atoms with Crippen molar-refractivity contribution in [3.63, 3.8) is 0 Å². The minimum atomic E-state index is 0.185. The van der Waals surface area contributed by atoms with Crippen molar-refractivity contribution < 1.29 is 9.15 Å². The summed E-state index contributed by atoms with van der Waals surface area (Å²) in [6.07, 6.45) is 3.43. The molecule has 1 aliphatic heterocycles. The van der Waals surface area contributed by atoms with E-state index in [1.54, 1.807) is 19.6 Å². The van der Waals surface area contributed by atoms with Crippen molar-refractivity contribution in [2.75, 3.05) is 24.3 Å². The summed E-state index contributed by atoms with van der Waals surface area (Å²) in [4.78, 5) is 0. The first kappa shape index (κ1) is 11.0. The second-order valence-electron chi connectivity index (χ2n) is 4.52. The van der Waals surface area contributed by atoms with Crippen LogP contribution in [0, 0.1) is 6.92 Å². The van der Waals surface area contributed by atoms with E-state index in [1.807, 2.05) is 6.07 Å². The molecule has 0 fully saturated rings.